The van der Waals surface area contributed by atoms with Crippen LogP contribution in [0, 0.1) is 29.1 Å². The maximum absolute atomic E-state index is 9.43. The van der Waals surface area contributed by atoms with E-state index in [4.69, 9.17) is 4.74 Å². The highest BCUT2D eigenvalue weighted by atomic mass is 16.5. The fraction of sp³-hybridized carbons (Fsp3) is 0.933. The van der Waals surface area contributed by atoms with Gasteiger partial charge in [-0.1, -0.05) is 0 Å². The maximum Gasteiger partial charge on any atom is 0.127 e. The molecule has 0 amide bonds. The van der Waals surface area contributed by atoms with Crippen LogP contribution in [0.15, 0.2) is 0 Å². The van der Waals surface area contributed by atoms with Gasteiger partial charge in [0.1, 0.15) is 5.54 Å². The summed E-state index contributed by atoms with van der Waals surface area (Å²) in [6.45, 7) is 2.46. The Morgan fingerprint density at radius 2 is 1.72 bits per heavy atom. The SMILES string of the molecule is COCC(C)(C#N)NC12CC3CC(CC(C3)C1)C2. The van der Waals surface area contributed by atoms with Crippen LogP contribution in [0.25, 0.3) is 0 Å². The van der Waals surface area contributed by atoms with Crippen LogP contribution in [0.2, 0.25) is 0 Å². The van der Waals surface area contributed by atoms with Gasteiger partial charge in [-0.25, -0.2) is 0 Å². The zero-order valence-corrected chi connectivity index (χ0v) is 11.5. The summed E-state index contributed by atoms with van der Waals surface area (Å²) in [5, 5.41) is 13.1. The van der Waals surface area contributed by atoms with Crippen molar-refractivity contribution >= 4 is 0 Å². The monoisotopic (exact) mass is 248 g/mol. The van der Waals surface area contributed by atoms with E-state index < -0.39 is 5.54 Å². The minimum Gasteiger partial charge on any atom is -0.382 e. The largest absolute Gasteiger partial charge is 0.382 e. The Labute approximate surface area is 110 Å². The maximum atomic E-state index is 9.43. The molecule has 1 N–H and O–H groups in total. The van der Waals surface area contributed by atoms with Crippen LogP contribution >= 0.6 is 0 Å². The molecule has 4 rings (SSSR count). The Morgan fingerprint density at radius 1 is 1.22 bits per heavy atom. The molecule has 0 aromatic carbocycles. The average molecular weight is 248 g/mol. The van der Waals surface area contributed by atoms with Gasteiger partial charge in [0, 0.05) is 12.6 Å². The molecule has 0 aliphatic heterocycles. The summed E-state index contributed by atoms with van der Waals surface area (Å²) >= 11 is 0. The molecule has 0 saturated heterocycles. The van der Waals surface area contributed by atoms with E-state index in [-0.39, 0.29) is 5.54 Å². The van der Waals surface area contributed by atoms with E-state index in [1.54, 1.807) is 7.11 Å². The van der Waals surface area contributed by atoms with E-state index >= 15 is 0 Å². The molecule has 4 aliphatic rings. The third-order valence-corrected chi connectivity index (χ3v) is 5.26. The Morgan fingerprint density at radius 3 is 2.11 bits per heavy atom. The van der Waals surface area contributed by atoms with Gasteiger partial charge < -0.3 is 4.74 Å². The lowest BCUT2D eigenvalue weighted by molar-refractivity contribution is -0.0356. The van der Waals surface area contributed by atoms with E-state index in [0.717, 1.165) is 17.8 Å². The average Bonchev–Trinajstić information content (AvgIpc) is 2.26. The molecule has 4 bridgehead atoms. The first-order valence-electron chi connectivity index (χ1n) is 7.26. The molecule has 0 radical (unpaired) electrons. The summed E-state index contributed by atoms with van der Waals surface area (Å²) < 4.78 is 5.23. The van der Waals surface area contributed by atoms with Crippen molar-refractivity contribution in [3.8, 4) is 6.07 Å². The quantitative estimate of drug-likeness (QED) is 0.831. The molecule has 3 heteroatoms. The Kier molecular flexibility index (Phi) is 2.91. The van der Waals surface area contributed by atoms with E-state index in [1.165, 1.54) is 38.5 Å². The van der Waals surface area contributed by atoms with Gasteiger partial charge in [0.15, 0.2) is 0 Å². The zero-order chi connectivity index (χ0) is 12.8. The molecular weight excluding hydrogens is 224 g/mol. The first kappa shape index (κ1) is 12.4. The van der Waals surface area contributed by atoms with E-state index in [2.05, 4.69) is 11.4 Å². The van der Waals surface area contributed by atoms with Crippen molar-refractivity contribution in [2.45, 2.75) is 56.5 Å². The summed E-state index contributed by atoms with van der Waals surface area (Å²) in [7, 11) is 1.68. The molecule has 3 nitrogen and oxygen atoms in total. The Hall–Kier alpha value is -0.590. The van der Waals surface area contributed by atoms with Crippen LogP contribution < -0.4 is 5.32 Å². The molecule has 100 valence electrons. The molecule has 4 fully saturated rings. The van der Waals surface area contributed by atoms with Gasteiger partial charge in [-0.3, -0.25) is 5.32 Å². The Balaban J connectivity index is 1.77. The predicted octanol–water partition coefficient (Wildman–Crippen LogP) is 2.47. The molecule has 0 heterocycles. The fourth-order valence-electron chi connectivity index (χ4n) is 5.23. The number of nitrogens with zero attached hydrogens (tertiary/aromatic N) is 1. The lowest BCUT2D eigenvalue weighted by Crippen LogP contribution is -2.64. The predicted molar refractivity (Wildman–Crippen MR) is 69.9 cm³/mol. The first-order chi connectivity index (χ1) is 8.56. The highest BCUT2D eigenvalue weighted by molar-refractivity contribution is 5.14. The summed E-state index contributed by atoms with van der Waals surface area (Å²) in [5.74, 6) is 2.73. The highest BCUT2D eigenvalue weighted by Crippen LogP contribution is 2.56. The lowest BCUT2D eigenvalue weighted by Gasteiger charge is -2.58. The zero-order valence-electron chi connectivity index (χ0n) is 11.5. The summed E-state index contributed by atoms with van der Waals surface area (Å²) in [6.07, 6.45) is 8.15. The van der Waals surface area contributed by atoms with Gasteiger partial charge in [0.2, 0.25) is 0 Å². The number of nitriles is 1. The van der Waals surface area contributed by atoms with Crippen molar-refractivity contribution < 1.29 is 4.74 Å². The van der Waals surface area contributed by atoms with Crippen LogP contribution in [0.5, 0.6) is 0 Å². The minimum atomic E-state index is -0.527. The van der Waals surface area contributed by atoms with E-state index in [0.29, 0.717) is 6.61 Å². The smallest absolute Gasteiger partial charge is 0.127 e. The molecule has 0 spiro atoms. The van der Waals surface area contributed by atoms with Crippen molar-refractivity contribution in [2.75, 3.05) is 13.7 Å². The number of methoxy groups -OCH3 is 1. The third kappa shape index (κ3) is 2.06. The number of hydrogen-bond donors (Lipinski definition) is 1. The van der Waals surface area contributed by atoms with Crippen LogP contribution in [-0.2, 0) is 4.74 Å². The number of rotatable bonds is 4. The van der Waals surface area contributed by atoms with Crippen LogP contribution in [-0.4, -0.2) is 24.8 Å². The van der Waals surface area contributed by atoms with Crippen LogP contribution in [0.3, 0.4) is 0 Å². The van der Waals surface area contributed by atoms with Crippen molar-refractivity contribution in [1.82, 2.24) is 5.32 Å². The van der Waals surface area contributed by atoms with Gasteiger partial charge in [0.05, 0.1) is 12.7 Å². The van der Waals surface area contributed by atoms with E-state index in [9.17, 15) is 5.26 Å². The Bertz CT molecular complexity index is 338. The molecule has 18 heavy (non-hydrogen) atoms. The van der Waals surface area contributed by atoms with Crippen molar-refractivity contribution in [3.63, 3.8) is 0 Å². The number of hydrogen-bond acceptors (Lipinski definition) is 3. The summed E-state index contributed by atoms with van der Waals surface area (Å²) in [6, 6.07) is 2.42. The van der Waals surface area contributed by atoms with Gasteiger partial charge in [0.25, 0.3) is 0 Å². The molecule has 4 saturated carbocycles. The molecular formula is C15H24N2O. The standard InChI is InChI=1S/C15H24N2O/c1-14(9-16,10-18-2)17-15-6-11-3-12(7-15)5-13(4-11)8-15/h11-13,17H,3-8,10H2,1-2H3. The van der Waals surface area contributed by atoms with E-state index in [1.807, 2.05) is 6.92 Å². The van der Waals surface area contributed by atoms with Gasteiger partial charge >= 0.3 is 0 Å². The van der Waals surface area contributed by atoms with Crippen LogP contribution in [0.4, 0.5) is 0 Å². The minimum absolute atomic E-state index is 0.234. The lowest BCUT2D eigenvalue weighted by atomic mass is 9.52. The van der Waals surface area contributed by atoms with Gasteiger partial charge in [-0.2, -0.15) is 5.26 Å². The molecule has 1 unspecified atom stereocenters. The van der Waals surface area contributed by atoms with Crippen LogP contribution in [0.1, 0.15) is 45.4 Å². The molecule has 4 aliphatic carbocycles. The fourth-order valence-corrected chi connectivity index (χ4v) is 5.23. The van der Waals surface area contributed by atoms with Crippen molar-refractivity contribution in [2.24, 2.45) is 17.8 Å². The molecule has 0 aromatic rings. The summed E-state index contributed by atoms with van der Waals surface area (Å²) in [5.41, 5.74) is -0.293. The topological polar surface area (TPSA) is 45.0 Å². The normalized spacial score (nSPS) is 44.6. The van der Waals surface area contributed by atoms with Crippen molar-refractivity contribution in [1.29, 1.82) is 5.26 Å². The van der Waals surface area contributed by atoms with Gasteiger partial charge in [-0.05, 0) is 63.2 Å². The number of ether oxygens (including phenoxy) is 1. The summed E-state index contributed by atoms with van der Waals surface area (Å²) in [4.78, 5) is 0. The molecule has 0 aromatic heterocycles. The second kappa shape index (κ2) is 4.21. The van der Waals surface area contributed by atoms with Crippen molar-refractivity contribution in [3.05, 3.63) is 0 Å². The molecule has 1 atom stereocenters. The number of nitrogens with one attached hydrogen (secondary N) is 1. The second-order valence-corrected chi connectivity index (χ2v) is 7.20. The first-order valence-corrected chi connectivity index (χ1v) is 7.26. The highest BCUT2D eigenvalue weighted by Gasteiger charge is 2.52. The second-order valence-electron chi connectivity index (χ2n) is 7.20. The third-order valence-electron chi connectivity index (χ3n) is 5.26. The van der Waals surface area contributed by atoms with Gasteiger partial charge in [-0.15, -0.1) is 0 Å².